The van der Waals surface area contributed by atoms with E-state index in [1.54, 1.807) is 0 Å². The van der Waals surface area contributed by atoms with E-state index in [2.05, 4.69) is 0 Å². The molecule has 0 spiro atoms. The third-order valence-corrected chi connectivity index (χ3v) is 4.09. The second-order valence-corrected chi connectivity index (χ2v) is 7.03. The Kier molecular flexibility index (Phi) is 5.55. The maximum Gasteiger partial charge on any atom is 0.411 e. The molecule has 0 N–H and O–H groups in total. The molecule has 1 aliphatic heterocycles. The number of hydrogen-bond donors (Lipinski definition) is 0. The second-order valence-electron chi connectivity index (χ2n) is 5.43. The maximum absolute atomic E-state index is 12.1. The molecule has 0 aliphatic carbocycles. The van der Waals surface area contributed by atoms with Gasteiger partial charge < -0.3 is 4.74 Å². The second kappa shape index (κ2) is 7.45. The summed E-state index contributed by atoms with van der Waals surface area (Å²) in [4.78, 5) is 23.2. The van der Waals surface area contributed by atoms with Crippen LogP contribution >= 0.6 is 0 Å². The standard InChI is InChI=1S/C14H15N3O7S/c1-25(21,22)24-13-6-12(7-15)16(8-13)14(18)23-9-10-2-4-11(5-3-10)17(19)20/h2-5,12-13H,6,8-9H2,1H3/t12-,13+/m0/s1. The summed E-state index contributed by atoms with van der Waals surface area (Å²) in [6, 6.07) is 6.53. The van der Waals surface area contributed by atoms with Gasteiger partial charge in [-0.3, -0.25) is 19.2 Å². The van der Waals surface area contributed by atoms with Crippen LogP contribution in [0.25, 0.3) is 0 Å². The molecular weight excluding hydrogens is 354 g/mol. The van der Waals surface area contributed by atoms with Crippen LogP contribution in [-0.2, 0) is 25.6 Å². The Balaban J connectivity index is 1.95. The van der Waals surface area contributed by atoms with Crippen LogP contribution in [0.15, 0.2) is 24.3 Å². The molecule has 0 aromatic heterocycles. The minimum atomic E-state index is -3.70. The summed E-state index contributed by atoms with van der Waals surface area (Å²) in [5.74, 6) is 0. The molecule has 1 aliphatic rings. The molecule has 10 nitrogen and oxygen atoms in total. The number of likely N-dealkylation sites (tertiary alicyclic amines) is 1. The van der Waals surface area contributed by atoms with Gasteiger partial charge in [-0.15, -0.1) is 0 Å². The molecule has 0 unspecified atom stereocenters. The van der Waals surface area contributed by atoms with Gasteiger partial charge in [0.05, 0.1) is 29.9 Å². The molecule has 1 aromatic carbocycles. The highest BCUT2D eigenvalue weighted by molar-refractivity contribution is 7.86. The normalized spacial score (nSPS) is 20.1. The minimum absolute atomic E-state index is 0.0657. The summed E-state index contributed by atoms with van der Waals surface area (Å²) in [6.07, 6.45) is -0.628. The van der Waals surface area contributed by atoms with Gasteiger partial charge in [-0.2, -0.15) is 13.7 Å². The van der Waals surface area contributed by atoms with Gasteiger partial charge in [0, 0.05) is 18.6 Å². The lowest BCUT2D eigenvalue weighted by atomic mass is 10.2. The Morgan fingerprint density at radius 1 is 1.44 bits per heavy atom. The number of nitriles is 1. The quantitative estimate of drug-likeness (QED) is 0.428. The van der Waals surface area contributed by atoms with E-state index < -0.39 is 33.3 Å². The van der Waals surface area contributed by atoms with Gasteiger partial charge in [-0.1, -0.05) is 0 Å². The van der Waals surface area contributed by atoms with Crippen LogP contribution in [0.1, 0.15) is 12.0 Å². The number of nitro groups is 1. The SMILES string of the molecule is CS(=O)(=O)O[C@@H]1C[C@@H](C#N)N(C(=O)OCc2ccc([N+](=O)[O-])cc2)C1. The van der Waals surface area contributed by atoms with Crippen molar-refractivity contribution < 1.29 is 27.1 Å². The topological polar surface area (TPSA) is 140 Å². The summed E-state index contributed by atoms with van der Waals surface area (Å²) < 4.78 is 32.2. The molecule has 1 saturated heterocycles. The first-order valence-electron chi connectivity index (χ1n) is 7.14. The van der Waals surface area contributed by atoms with Crippen molar-refractivity contribution in [2.24, 2.45) is 0 Å². The van der Waals surface area contributed by atoms with Crippen molar-refractivity contribution in [1.82, 2.24) is 4.90 Å². The maximum atomic E-state index is 12.1. The highest BCUT2D eigenvalue weighted by atomic mass is 32.2. The van der Waals surface area contributed by atoms with E-state index >= 15 is 0 Å². The van der Waals surface area contributed by atoms with Gasteiger partial charge in [0.2, 0.25) is 0 Å². The van der Waals surface area contributed by atoms with Gasteiger partial charge in [0.15, 0.2) is 0 Å². The third-order valence-electron chi connectivity index (χ3n) is 3.47. The summed E-state index contributed by atoms with van der Waals surface area (Å²) in [5, 5.41) is 19.7. The Morgan fingerprint density at radius 3 is 2.60 bits per heavy atom. The van der Waals surface area contributed by atoms with E-state index in [0.29, 0.717) is 5.56 Å². The number of carbonyl (C=O) groups is 1. The largest absolute Gasteiger partial charge is 0.445 e. The summed E-state index contributed by atoms with van der Waals surface area (Å²) in [7, 11) is -3.70. The molecule has 1 amide bonds. The van der Waals surface area contributed by atoms with Crippen molar-refractivity contribution in [2.75, 3.05) is 12.8 Å². The first-order chi connectivity index (χ1) is 11.7. The fourth-order valence-electron chi connectivity index (χ4n) is 2.38. The van der Waals surface area contributed by atoms with Crippen LogP contribution in [0.4, 0.5) is 10.5 Å². The average Bonchev–Trinajstić information content (AvgIpc) is 2.94. The van der Waals surface area contributed by atoms with Gasteiger partial charge in [0.25, 0.3) is 15.8 Å². The Morgan fingerprint density at radius 2 is 2.08 bits per heavy atom. The first kappa shape index (κ1) is 18.6. The van der Waals surface area contributed by atoms with Crippen LogP contribution in [0.3, 0.4) is 0 Å². The molecule has 2 atom stereocenters. The number of carbonyl (C=O) groups excluding carboxylic acids is 1. The monoisotopic (exact) mass is 369 g/mol. The molecule has 1 fully saturated rings. The van der Waals surface area contributed by atoms with Gasteiger partial charge in [-0.25, -0.2) is 4.79 Å². The van der Waals surface area contributed by atoms with Crippen LogP contribution in [-0.4, -0.2) is 49.3 Å². The van der Waals surface area contributed by atoms with Crippen LogP contribution in [0.2, 0.25) is 0 Å². The van der Waals surface area contributed by atoms with Crippen LogP contribution < -0.4 is 0 Å². The number of nitrogens with zero attached hydrogens (tertiary/aromatic N) is 3. The Hall–Kier alpha value is -2.71. The summed E-state index contributed by atoms with van der Waals surface area (Å²) in [5.41, 5.74) is 0.454. The van der Waals surface area contributed by atoms with Crippen molar-refractivity contribution in [3.63, 3.8) is 0 Å². The number of rotatable bonds is 5. The fourth-order valence-corrected chi connectivity index (χ4v) is 3.01. The van der Waals surface area contributed by atoms with Crippen molar-refractivity contribution in [3.8, 4) is 6.07 Å². The lowest BCUT2D eigenvalue weighted by Crippen LogP contribution is -2.35. The molecule has 1 aromatic rings. The predicted octanol–water partition coefficient (Wildman–Crippen LogP) is 1.17. The van der Waals surface area contributed by atoms with E-state index in [4.69, 9.17) is 14.2 Å². The summed E-state index contributed by atoms with van der Waals surface area (Å²) in [6.45, 7) is -0.215. The number of hydrogen-bond acceptors (Lipinski definition) is 8. The fraction of sp³-hybridized carbons (Fsp3) is 0.429. The van der Waals surface area contributed by atoms with E-state index in [-0.39, 0.29) is 25.3 Å². The average molecular weight is 369 g/mol. The van der Waals surface area contributed by atoms with E-state index in [9.17, 15) is 23.3 Å². The third kappa shape index (κ3) is 5.13. The van der Waals surface area contributed by atoms with Gasteiger partial charge in [0.1, 0.15) is 12.6 Å². The molecule has 134 valence electrons. The molecular formula is C14H15N3O7S. The smallest absolute Gasteiger partial charge is 0.411 e. The zero-order valence-corrected chi connectivity index (χ0v) is 14.0. The Bertz CT molecular complexity index is 801. The van der Waals surface area contributed by atoms with Crippen molar-refractivity contribution >= 4 is 21.9 Å². The van der Waals surface area contributed by atoms with E-state index in [1.807, 2.05) is 6.07 Å². The Labute approximate surface area is 143 Å². The van der Waals surface area contributed by atoms with E-state index in [0.717, 1.165) is 11.2 Å². The number of amides is 1. The minimum Gasteiger partial charge on any atom is -0.445 e. The molecule has 0 radical (unpaired) electrons. The van der Waals surface area contributed by atoms with Gasteiger partial charge >= 0.3 is 6.09 Å². The molecule has 0 saturated carbocycles. The highest BCUT2D eigenvalue weighted by Gasteiger charge is 2.38. The zero-order valence-electron chi connectivity index (χ0n) is 13.2. The van der Waals surface area contributed by atoms with Crippen LogP contribution in [0, 0.1) is 21.4 Å². The van der Waals surface area contributed by atoms with Gasteiger partial charge in [-0.05, 0) is 17.7 Å². The molecule has 0 bridgehead atoms. The highest BCUT2D eigenvalue weighted by Crippen LogP contribution is 2.22. The van der Waals surface area contributed by atoms with Crippen molar-refractivity contribution in [3.05, 3.63) is 39.9 Å². The zero-order chi connectivity index (χ0) is 18.6. The number of non-ortho nitro benzene ring substituents is 1. The predicted molar refractivity (Wildman–Crippen MR) is 83.7 cm³/mol. The lowest BCUT2D eigenvalue weighted by molar-refractivity contribution is -0.384. The first-order valence-corrected chi connectivity index (χ1v) is 8.96. The number of benzene rings is 1. The number of ether oxygens (including phenoxy) is 1. The van der Waals surface area contributed by atoms with Crippen molar-refractivity contribution in [1.29, 1.82) is 5.26 Å². The molecule has 11 heteroatoms. The van der Waals surface area contributed by atoms with E-state index in [1.165, 1.54) is 24.3 Å². The van der Waals surface area contributed by atoms with Crippen molar-refractivity contribution in [2.45, 2.75) is 25.2 Å². The molecule has 2 rings (SSSR count). The lowest BCUT2D eigenvalue weighted by Gasteiger charge is -2.18. The summed E-state index contributed by atoms with van der Waals surface area (Å²) >= 11 is 0. The number of nitro benzene ring substituents is 1. The molecule has 25 heavy (non-hydrogen) atoms. The molecule has 1 heterocycles. The van der Waals surface area contributed by atoms with Crippen LogP contribution in [0.5, 0.6) is 0 Å².